The largest absolute Gasteiger partial charge is 0.329 e. The maximum absolute atomic E-state index is 5.37. The van der Waals surface area contributed by atoms with Gasteiger partial charge in [0.1, 0.15) is 0 Å². The summed E-state index contributed by atoms with van der Waals surface area (Å²) in [4.78, 5) is 0. The summed E-state index contributed by atoms with van der Waals surface area (Å²) in [6.07, 6.45) is 2.58. The Morgan fingerprint density at radius 1 is 1.44 bits per heavy atom. The molecule has 0 amide bonds. The predicted octanol–water partition coefficient (Wildman–Crippen LogP) is 0.541. The van der Waals surface area contributed by atoms with E-state index in [1.54, 1.807) is 0 Å². The molecule has 1 aliphatic heterocycles. The topological polar surface area (TPSA) is 38.0 Å². The molecule has 58 valence electrons. The quantitative estimate of drug-likeness (QED) is 0.607. The highest BCUT2D eigenvalue weighted by Crippen LogP contribution is 2.01. The van der Waals surface area contributed by atoms with Crippen LogP contribution in [0, 0.1) is 0 Å². The Balaban J connectivity index is 0. The first-order valence-electron chi connectivity index (χ1n) is 2.87. The molecule has 4 heteroatoms. The van der Waals surface area contributed by atoms with Crippen LogP contribution in [0.25, 0.3) is 0 Å². The minimum atomic E-state index is 0. The van der Waals surface area contributed by atoms with E-state index in [9.17, 15) is 0 Å². The zero-order valence-corrected chi connectivity index (χ0v) is 6.93. The van der Waals surface area contributed by atoms with Crippen molar-refractivity contribution in [3.05, 3.63) is 0 Å². The van der Waals surface area contributed by atoms with Crippen molar-refractivity contribution in [2.45, 2.75) is 18.9 Å². The molecule has 0 aliphatic carbocycles. The second-order valence-corrected chi connectivity index (χ2v) is 2.03. The molecule has 9 heavy (non-hydrogen) atoms. The molecule has 1 atom stereocenters. The Kier molecular flexibility index (Phi) is 8.97. The van der Waals surface area contributed by atoms with Gasteiger partial charge in [-0.05, 0) is 19.4 Å². The van der Waals surface area contributed by atoms with Crippen LogP contribution < -0.4 is 11.1 Å². The van der Waals surface area contributed by atoms with Crippen molar-refractivity contribution in [3.63, 3.8) is 0 Å². The molecule has 1 unspecified atom stereocenters. The average molecular weight is 173 g/mol. The molecule has 0 aromatic carbocycles. The molecule has 1 fully saturated rings. The lowest BCUT2D eigenvalue weighted by atomic mass is 10.2. The predicted molar refractivity (Wildman–Crippen MR) is 44.6 cm³/mol. The van der Waals surface area contributed by atoms with E-state index in [0.29, 0.717) is 6.04 Å². The standard InChI is InChI=1S/C5H12N2.2ClH/c6-4-5-2-1-3-7-5;;/h5,7H,1-4,6H2;2*1H. The summed E-state index contributed by atoms with van der Waals surface area (Å²) in [5, 5.41) is 3.28. The van der Waals surface area contributed by atoms with Gasteiger partial charge in [-0.15, -0.1) is 24.8 Å². The van der Waals surface area contributed by atoms with Gasteiger partial charge in [0.2, 0.25) is 0 Å². The Bertz CT molecular complexity index is 54.9. The lowest BCUT2D eigenvalue weighted by Gasteiger charge is -2.02. The van der Waals surface area contributed by atoms with Crippen molar-refractivity contribution in [1.82, 2.24) is 5.32 Å². The van der Waals surface area contributed by atoms with E-state index in [-0.39, 0.29) is 24.8 Å². The maximum Gasteiger partial charge on any atom is 0.0190 e. The van der Waals surface area contributed by atoms with E-state index in [1.807, 2.05) is 0 Å². The fraction of sp³-hybridized carbons (Fsp3) is 1.00. The minimum absolute atomic E-state index is 0. The number of hydrogen-bond acceptors (Lipinski definition) is 2. The smallest absolute Gasteiger partial charge is 0.0190 e. The Labute approximate surface area is 68.4 Å². The average Bonchev–Trinajstić information content (AvgIpc) is 2.14. The van der Waals surface area contributed by atoms with Gasteiger partial charge in [0, 0.05) is 12.6 Å². The number of hydrogen-bond donors (Lipinski definition) is 2. The molecule has 1 saturated heterocycles. The van der Waals surface area contributed by atoms with E-state index < -0.39 is 0 Å². The van der Waals surface area contributed by atoms with Crippen LogP contribution in [0.5, 0.6) is 0 Å². The highest BCUT2D eigenvalue weighted by atomic mass is 35.5. The summed E-state index contributed by atoms with van der Waals surface area (Å²) in [5.74, 6) is 0. The first kappa shape index (κ1) is 12.2. The second-order valence-electron chi connectivity index (χ2n) is 2.03. The first-order valence-corrected chi connectivity index (χ1v) is 2.87. The highest BCUT2D eigenvalue weighted by Gasteiger charge is 2.09. The van der Waals surface area contributed by atoms with Gasteiger partial charge in [0.15, 0.2) is 0 Å². The Morgan fingerprint density at radius 3 is 2.33 bits per heavy atom. The lowest BCUT2D eigenvalue weighted by Crippen LogP contribution is -2.29. The number of halogens is 2. The molecule has 2 nitrogen and oxygen atoms in total. The maximum atomic E-state index is 5.37. The summed E-state index contributed by atoms with van der Waals surface area (Å²) in [6, 6.07) is 0.625. The van der Waals surface area contributed by atoms with Crippen LogP contribution in [-0.4, -0.2) is 19.1 Å². The Morgan fingerprint density at radius 2 is 2.11 bits per heavy atom. The summed E-state index contributed by atoms with van der Waals surface area (Å²) in [6.45, 7) is 1.97. The molecule has 3 N–H and O–H groups in total. The van der Waals surface area contributed by atoms with Gasteiger partial charge in [-0.25, -0.2) is 0 Å². The van der Waals surface area contributed by atoms with E-state index >= 15 is 0 Å². The number of rotatable bonds is 1. The van der Waals surface area contributed by atoms with E-state index in [4.69, 9.17) is 5.73 Å². The third-order valence-corrected chi connectivity index (χ3v) is 1.45. The monoisotopic (exact) mass is 172 g/mol. The molecule has 1 heterocycles. The molecule has 0 aromatic heterocycles. The van der Waals surface area contributed by atoms with Gasteiger partial charge in [0.05, 0.1) is 0 Å². The summed E-state index contributed by atoms with van der Waals surface area (Å²) >= 11 is 0. The van der Waals surface area contributed by atoms with Crippen LogP contribution in [0.15, 0.2) is 0 Å². The van der Waals surface area contributed by atoms with Crippen molar-refractivity contribution in [2.75, 3.05) is 13.1 Å². The van der Waals surface area contributed by atoms with Crippen molar-refractivity contribution < 1.29 is 0 Å². The van der Waals surface area contributed by atoms with Gasteiger partial charge in [-0.2, -0.15) is 0 Å². The number of nitrogens with one attached hydrogen (secondary N) is 1. The summed E-state index contributed by atoms with van der Waals surface area (Å²) < 4.78 is 0. The van der Waals surface area contributed by atoms with Crippen LogP contribution in [0.2, 0.25) is 0 Å². The molecule has 1 aliphatic rings. The zero-order valence-electron chi connectivity index (χ0n) is 5.30. The molecule has 1 rings (SSSR count). The van der Waals surface area contributed by atoms with Gasteiger partial charge >= 0.3 is 0 Å². The van der Waals surface area contributed by atoms with Crippen molar-refractivity contribution >= 4 is 24.8 Å². The van der Waals surface area contributed by atoms with Crippen molar-refractivity contribution in [2.24, 2.45) is 5.73 Å². The van der Waals surface area contributed by atoms with Crippen molar-refractivity contribution in [3.8, 4) is 0 Å². The van der Waals surface area contributed by atoms with Gasteiger partial charge in [0.25, 0.3) is 0 Å². The normalized spacial score (nSPS) is 24.3. The van der Waals surface area contributed by atoms with Crippen LogP contribution >= 0.6 is 24.8 Å². The van der Waals surface area contributed by atoms with E-state index in [2.05, 4.69) is 5.32 Å². The molecular formula is C5H14Cl2N2. The molecular weight excluding hydrogens is 159 g/mol. The fourth-order valence-electron chi connectivity index (χ4n) is 0.958. The van der Waals surface area contributed by atoms with E-state index in [0.717, 1.165) is 6.54 Å². The first-order chi connectivity index (χ1) is 3.43. The number of nitrogens with two attached hydrogens (primary N) is 1. The fourth-order valence-corrected chi connectivity index (χ4v) is 0.958. The van der Waals surface area contributed by atoms with Gasteiger partial charge in [-0.3, -0.25) is 0 Å². The van der Waals surface area contributed by atoms with Gasteiger partial charge in [-0.1, -0.05) is 0 Å². The van der Waals surface area contributed by atoms with Crippen LogP contribution in [-0.2, 0) is 0 Å². The molecule has 0 bridgehead atoms. The SMILES string of the molecule is Cl.Cl.NCC1CCCN1. The minimum Gasteiger partial charge on any atom is -0.329 e. The zero-order chi connectivity index (χ0) is 5.11. The molecule has 0 spiro atoms. The molecule has 0 saturated carbocycles. The third kappa shape index (κ3) is 3.98. The van der Waals surface area contributed by atoms with Gasteiger partial charge < -0.3 is 11.1 Å². The van der Waals surface area contributed by atoms with Crippen LogP contribution in [0.4, 0.5) is 0 Å². The summed E-state index contributed by atoms with van der Waals surface area (Å²) in [5.41, 5.74) is 5.37. The molecule has 0 aromatic rings. The second kappa shape index (κ2) is 6.62. The van der Waals surface area contributed by atoms with Crippen molar-refractivity contribution in [1.29, 1.82) is 0 Å². The lowest BCUT2D eigenvalue weighted by molar-refractivity contribution is 0.616. The van der Waals surface area contributed by atoms with Crippen LogP contribution in [0.1, 0.15) is 12.8 Å². The molecule has 0 radical (unpaired) electrons. The van der Waals surface area contributed by atoms with E-state index in [1.165, 1.54) is 19.4 Å². The highest BCUT2D eigenvalue weighted by molar-refractivity contribution is 5.85. The summed E-state index contributed by atoms with van der Waals surface area (Å²) in [7, 11) is 0. The van der Waals surface area contributed by atoms with Crippen LogP contribution in [0.3, 0.4) is 0 Å². The third-order valence-electron chi connectivity index (χ3n) is 1.45. The Hall–Kier alpha value is 0.500.